The Morgan fingerprint density at radius 3 is 2.40 bits per heavy atom. The van der Waals surface area contributed by atoms with E-state index in [1.807, 2.05) is 6.07 Å². The van der Waals surface area contributed by atoms with Crippen molar-refractivity contribution in [1.29, 1.82) is 0 Å². The summed E-state index contributed by atoms with van der Waals surface area (Å²) in [6.45, 7) is 2.51. The second-order valence-electron chi connectivity index (χ2n) is 6.50. The highest BCUT2D eigenvalue weighted by Gasteiger charge is 2.24. The lowest BCUT2D eigenvalue weighted by Crippen LogP contribution is -2.45. The molecule has 25 heavy (non-hydrogen) atoms. The number of likely N-dealkylation sites (tertiary alicyclic amines) is 1. The van der Waals surface area contributed by atoms with Crippen molar-refractivity contribution in [1.82, 2.24) is 10.2 Å². The van der Waals surface area contributed by atoms with Crippen molar-refractivity contribution in [2.45, 2.75) is 31.5 Å². The van der Waals surface area contributed by atoms with E-state index in [1.54, 1.807) is 36.4 Å². The predicted octanol–water partition coefficient (Wildman–Crippen LogP) is 2.64. The van der Waals surface area contributed by atoms with Crippen LogP contribution in [0.15, 0.2) is 54.6 Å². The molecular formula is C20H23FN2O2. The molecule has 4 nitrogen and oxygen atoms in total. The van der Waals surface area contributed by atoms with Crippen LogP contribution < -0.4 is 5.32 Å². The Kier molecular flexibility index (Phi) is 5.79. The number of aliphatic hydroxyl groups is 1. The summed E-state index contributed by atoms with van der Waals surface area (Å²) >= 11 is 0. The van der Waals surface area contributed by atoms with Crippen molar-refractivity contribution in [3.05, 3.63) is 71.5 Å². The first kappa shape index (κ1) is 17.6. The first-order valence-electron chi connectivity index (χ1n) is 8.62. The molecule has 1 fully saturated rings. The van der Waals surface area contributed by atoms with Crippen LogP contribution >= 0.6 is 0 Å². The van der Waals surface area contributed by atoms with Crippen molar-refractivity contribution in [3.63, 3.8) is 0 Å². The number of nitrogens with zero attached hydrogens (tertiary/aromatic N) is 1. The van der Waals surface area contributed by atoms with Crippen molar-refractivity contribution in [3.8, 4) is 0 Å². The van der Waals surface area contributed by atoms with E-state index < -0.39 is 6.10 Å². The average molecular weight is 342 g/mol. The zero-order chi connectivity index (χ0) is 17.6. The summed E-state index contributed by atoms with van der Waals surface area (Å²) in [4.78, 5) is 14.5. The van der Waals surface area contributed by atoms with Crippen LogP contribution in [0.4, 0.5) is 4.39 Å². The molecule has 0 spiro atoms. The number of hydrogen-bond acceptors (Lipinski definition) is 3. The zero-order valence-electron chi connectivity index (χ0n) is 14.1. The van der Waals surface area contributed by atoms with Crippen LogP contribution in [0, 0.1) is 5.82 Å². The smallest absolute Gasteiger partial charge is 0.253 e. The van der Waals surface area contributed by atoms with Crippen molar-refractivity contribution >= 4 is 5.91 Å². The molecule has 1 amide bonds. The van der Waals surface area contributed by atoms with Crippen molar-refractivity contribution in [2.75, 3.05) is 13.1 Å². The SMILES string of the molecule is O=C(NC1CCN(Cc2ccc(F)cc2)CC1)C(O)c1ccccc1. The van der Waals surface area contributed by atoms with Gasteiger partial charge in [0.1, 0.15) is 5.82 Å². The van der Waals surface area contributed by atoms with Crippen LogP contribution in [0.25, 0.3) is 0 Å². The molecule has 0 aromatic heterocycles. The third kappa shape index (κ3) is 4.87. The molecule has 132 valence electrons. The molecule has 0 saturated carbocycles. The van der Waals surface area contributed by atoms with E-state index in [0.29, 0.717) is 5.56 Å². The molecule has 0 radical (unpaired) electrons. The molecule has 1 saturated heterocycles. The van der Waals surface area contributed by atoms with Gasteiger partial charge in [-0.25, -0.2) is 4.39 Å². The molecule has 1 aliphatic heterocycles. The van der Waals surface area contributed by atoms with Gasteiger partial charge in [-0.15, -0.1) is 0 Å². The molecule has 1 aliphatic rings. The largest absolute Gasteiger partial charge is 0.378 e. The molecule has 2 aromatic rings. The minimum Gasteiger partial charge on any atom is -0.378 e. The number of nitrogens with one attached hydrogen (secondary N) is 1. The van der Waals surface area contributed by atoms with Crippen molar-refractivity contribution < 1.29 is 14.3 Å². The number of benzene rings is 2. The van der Waals surface area contributed by atoms with Gasteiger partial charge in [-0.2, -0.15) is 0 Å². The van der Waals surface area contributed by atoms with Gasteiger partial charge in [-0.05, 0) is 36.1 Å². The highest BCUT2D eigenvalue weighted by molar-refractivity contribution is 5.82. The zero-order valence-corrected chi connectivity index (χ0v) is 14.1. The third-order valence-electron chi connectivity index (χ3n) is 4.62. The van der Waals surface area contributed by atoms with E-state index >= 15 is 0 Å². The second kappa shape index (κ2) is 8.23. The van der Waals surface area contributed by atoms with Gasteiger partial charge in [0.2, 0.25) is 0 Å². The minimum absolute atomic E-state index is 0.0790. The Hall–Kier alpha value is -2.24. The van der Waals surface area contributed by atoms with Crippen molar-refractivity contribution in [2.24, 2.45) is 0 Å². The van der Waals surface area contributed by atoms with E-state index in [1.165, 1.54) is 12.1 Å². The fraction of sp³-hybridized carbons (Fsp3) is 0.350. The van der Waals surface area contributed by atoms with E-state index in [-0.39, 0.29) is 17.8 Å². The number of aliphatic hydroxyl groups excluding tert-OH is 1. The number of piperidine rings is 1. The quantitative estimate of drug-likeness (QED) is 0.878. The Bertz CT molecular complexity index is 683. The fourth-order valence-corrected chi connectivity index (χ4v) is 3.15. The maximum Gasteiger partial charge on any atom is 0.253 e. The van der Waals surface area contributed by atoms with Gasteiger partial charge in [0.15, 0.2) is 6.10 Å². The van der Waals surface area contributed by atoms with E-state index in [4.69, 9.17) is 0 Å². The summed E-state index contributed by atoms with van der Waals surface area (Å²) in [7, 11) is 0. The molecule has 0 aliphatic carbocycles. The first-order chi connectivity index (χ1) is 12.1. The highest BCUT2D eigenvalue weighted by Crippen LogP contribution is 2.17. The van der Waals surface area contributed by atoms with Gasteiger partial charge < -0.3 is 10.4 Å². The molecule has 0 bridgehead atoms. The Morgan fingerprint density at radius 2 is 1.76 bits per heavy atom. The number of carbonyl (C=O) groups excluding carboxylic acids is 1. The molecule has 1 unspecified atom stereocenters. The van der Waals surface area contributed by atoms with Gasteiger partial charge in [0.05, 0.1) is 0 Å². The Balaban J connectivity index is 1.46. The number of amides is 1. The van der Waals surface area contributed by atoms with Crippen LogP contribution in [-0.2, 0) is 11.3 Å². The summed E-state index contributed by atoms with van der Waals surface area (Å²) in [5, 5.41) is 13.1. The standard InChI is InChI=1S/C20H23FN2O2/c21-17-8-6-15(7-9-17)14-23-12-10-18(11-13-23)22-20(25)19(24)16-4-2-1-3-5-16/h1-9,18-19,24H,10-14H2,(H,22,25). The fourth-order valence-electron chi connectivity index (χ4n) is 3.15. The highest BCUT2D eigenvalue weighted by atomic mass is 19.1. The number of halogens is 1. The van der Waals surface area contributed by atoms with Crippen LogP contribution in [0.5, 0.6) is 0 Å². The maximum atomic E-state index is 13.0. The topological polar surface area (TPSA) is 52.6 Å². The molecule has 3 rings (SSSR count). The Labute approximate surface area is 147 Å². The first-order valence-corrected chi connectivity index (χ1v) is 8.62. The summed E-state index contributed by atoms with van der Waals surface area (Å²) < 4.78 is 13.0. The van der Waals surface area contributed by atoms with E-state index in [0.717, 1.165) is 38.0 Å². The van der Waals surface area contributed by atoms with Gasteiger partial charge in [-0.3, -0.25) is 9.69 Å². The molecule has 2 N–H and O–H groups in total. The summed E-state index contributed by atoms with van der Waals surface area (Å²) in [5.74, 6) is -0.565. The monoisotopic (exact) mass is 342 g/mol. The molecule has 1 heterocycles. The number of carbonyl (C=O) groups is 1. The summed E-state index contributed by atoms with van der Waals surface area (Å²) in [6.07, 6.45) is 0.557. The maximum absolute atomic E-state index is 13.0. The normalized spacial score (nSPS) is 17.2. The van der Waals surface area contributed by atoms with Crippen LogP contribution in [0.2, 0.25) is 0 Å². The second-order valence-corrected chi connectivity index (χ2v) is 6.50. The van der Waals surface area contributed by atoms with Gasteiger partial charge >= 0.3 is 0 Å². The molecule has 2 aromatic carbocycles. The lowest BCUT2D eigenvalue weighted by molar-refractivity contribution is -0.130. The third-order valence-corrected chi connectivity index (χ3v) is 4.62. The Morgan fingerprint density at radius 1 is 1.12 bits per heavy atom. The van der Waals surface area contributed by atoms with Crippen LogP contribution in [-0.4, -0.2) is 35.0 Å². The minimum atomic E-state index is -1.13. The van der Waals surface area contributed by atoms with E-state index in [9.17, 15) is 14.3 Å². The molecule has 1 atom stereocenters. The van der Waals surface area contributed by atoms with Gasteiger partial charge in [-0.1, -0.05) is 42.5 Å². The number of hydrogen-bond donors (Lipinski definition) is 2. The van der Waals surface area contributed by atoms with Gasteiger partial charge in [0.25, 0.3) is 5.91 Å². The molecular weight excluding hydrogens is 319 g/mol. The molecule has 5 heteroatoms. The average Bonchev–Trinajstić information content (AvgIpc) is 2.65. The lowest BCUT2D eigenvalue weighted by Gasteiger charge is -2.32. The van der Waals surface area contributed by atoms with E-state index in [2.05, 4.69) is 10.2 Å². The van der Waals surface area contributed by atoms with Crippen LogP contribution in [0.1, 0.15) is 30.1 Å². The van der Waals surface area contributed by atoms with Gasteiger partial charge in [0, 0.05) is 25.7 Å². The lowest BCUT2D eigenvalue weighted by atomic mass is 10.0. The predicted molar refractivity (Wildman–Crippen MR) is 94.2 cm³/mol. The van der Waals surface area contributed by atoms with Crippen LogP contribution in [0.3, 0.4) is 0 Å². The summed E-state index contributed by atoms with van der Waals surface area (Å²) in [5.41, 5.74) is 1.69. The number of rotatable bonds is 5. The summed E-state index contributed by atoms with van der Waals surface area (Å²) in [6, 6.07) is 15.6.